The van der Waals surface area contributed by atoms with Crippen LogP contribution in [0.1, 0.15) is 34.1 Å². The van der Waals surface area contributed by atoms with Crippen molar-refractivity contribution < 1.29 is 40.7 Å². The molecule has 3 rings (SSSR count). The van der Waals surface area contributed by atoms with E-state index in [1.165, 1.54) is 11.4 Å². The maximum atomic E-state index is 13.0. The zero-order chi connectivity index (χ0) is 24.4. The number of carbonyl (C=O) groups is 2. The van der Waals surface area contributed by atoms with Gasteiger partial charge in [0.15, 0.2) is 5.13 Å². The molecule has 0 aliphatic rings. The molecule has 3 aromatic rings. The molecule has 12 heteroatoms. The Labute approximate surface area is 187 Å². The summed E-state index contributed by atoms with van der Waals surface area (Å²) in [6.45, 7) is 0.731. The van der Waals surface area contributed by atoms with E-state index >= 15 is 0 Å². The molecule has 0 unspecified atom stereocenters. The van der Waals surface area contributed by atoms with Gasteiger partial charge in [0.25, 0.3) is 0 Å². The van der Waals surface area contributed by atoms with Crippen LogP contribution < -0.4 is 4.90 Å². The molecule has 1 amide bonds. The molecular formula is C21H14F6N2O3S. The van der Waals surface area contributed by atoms with E-state index in [-0.39, 0.29) is 22.1 Å². The van der Waals surface area contributed by atoms with Gasteiger partial charge in [-0.25, -0.2) is 9.78 Å². The Kier molecular flexibility index (Phi) is 6.77. The van der Waals surface area contributed by atoms with Crippen LogP contribution in [0.5, 0.6) is 0 Å². The Bertz CT molecular complexity index is 1170. The lowest BCUT2D eigenvalue weighted by Crippen LogP contribution is -2.23. The molecule has 0 aliphatic heterocycles. The van der Waals surface area contributed by atoms with Crippen LogP contribution in [0.25, 0.3) is 0 Å². The number of nitrogens with zero attached hydrogens (tertiary/aromatic N) is 2. The highest BCUT2D eigenvalue weighted by Crippen LogP contribution is 2.35. The van der Waals surface area contributed by atoms with Crippen LogP contribution in [0.2, 0.25) is 0 Å². The maximum absolute atomic E-state index is 13.0. The average Bonchev–Trinajstić information content (AvgIpc) is 3.19. The van der Waals surface area contributed by atoms with E-state index < -0.39 is 42.0 Å². The van der Waals surface area contributed by atoms with E-state index in [9.17, 15) is 35.9 Å². The molecular weight excluding hydrogens is 474 g/mol. The summed E-state index contributed by atoms with van der Waals surface area (Å²) in [7, 11) is 0. The Morgan fingerprint density at radius 1 is 0.970 bits per heavy atom. The summed E-state index contributed by atoms with van der Waals surface area (Å²) in [5, 5.41) is 1.45. The highest BCUT2D eigenvalue weighted by atomic mass is 32.1. The molecule has 0 aliphatic carbocycles. The zero-order valence-electron chi connectivity index (χ0n) is 16.7. The largest absolute Gasteiger partial charge is 0.456 e. The summed E-state index contributed by atoms with van der Waals surface area (Å²) >= 11 is 0.920. The molecule has 1 heterocycles. The standard InChI is InChI=1S/C21H14F6N2O3S/c1-12(30)29(17-7-3-6-15(9-17)21(25,26)27)19-28-16(11-33-19)10-32-18(31)13-4-2-5-14(8-13)20(22,23)24/h2-9,11H,10H2,1H3. The van der Waals surface area contributed by atoms with Gasteiger partial charge in [-0.15, -0.1) is 11.3 Å². The van der Waals surface area contributed by atoms with Crippen LogP contribution in [0.3, 0.4) is 0 Å². The summed E-state index contributed by atoms with van der Waals surface area (Å²) in [5.74, 6) is -1.62. The number of alkyl halides is 6. The fourth-order valence-electron chi connectivity index (χ4n) is 2.76. The number of ether oxygens (including phenoxy) is 1. The monoisotopic (exact) mass is 488 g/mol. The van der Waals surface area contributed by atoms with Gasteiger partial charge in [-0.3, -0.25) is 9.69 Å². The molecule has 0 spiro atoms. The van der Waals surface area contributed by atoms with Crippen LogP contribution in [0, 0.1) is 0 Å². The number of hydrogen-bond acceptors (Lipinski definition) is 5. The van der Waals surface area contributed by atoms with Crippen molar-refractivity contribution >= 4 is 34.0 Å². The van der Waals surface area contributed by atoms with Crippen molar-refractivity contribution in [3.05, 3.63) is 76.3 Å². The maximum Gasteiger partial charge on any atom is 0.416 e. The predicted octanol–water partition coefficient (Wildman–Crippen LogP) is 6.22. The summed E-state index contributed by atoms with van der Waals surface area (Å²) in [6, 6.07) is 7.83. The average molecular weight is 488 g/mol. The van der Waals surface area contributed by atoms with Crippen molar-refractivity contribution in [1.29, 1.82) is 0 Å². The lowest BCUT2D eigenvalue weighted by Gasteiger charge is -2.19. The van der Waals surface area contributed by atoms with Crippen LogP contribution in [-0.2, 0) is 28.5 Å². The van der Waals surface area contributed by atoms with Crippen molar-refractivity contribution in [2.75, 3.05) is 4.90 Å². The van der Waals surface area contributed by atoms with Crippen LogP contribution in [-0.4, -0.2) is 16.9 Å². The quantitative estimate of drug-likeness (QED) is 0.316. The van der Waals surface area contributed by atoms with Gasteiger partial charge in [0.05, 0.1) is 28.1 Å². The first-order chi connectivity index (χ1) is 15.4. The van der Waals surface area contributed by atoms with Gasteiger partial charge in [-0.1, -0.05) is 12.1 Å². The first-order valence-corrected chi connectivity index (χ1v) is 10.0. The fraction of sp³-hybridized carbons (Fsp3) is 0.190. The molecule has 0 radical (unpaired) electrons. The summed E-state index contributed by atoms with van der Waals surface area (Å²) in [6.07, 6.45) is -9.23. The smallest absolute Gasteiger partial charge is 0.416 e. The van der Waals surface area contributed by atoms with Gasteiger partial charge < -0.3 is 4.74 Å². The Morgan fingerprint density at radius 3 is 2.18 bits per heavy atom. The number of rotatable bonds is 5. The molecule has 0 atom stereocenters. The lowest BCUT2D eigenvalue weighted by atomic mass is 10.1. The number of esters is 1. The molecule has 0 N–H and O–H groups in total. The molecule has 0 fully saturated rings. The predicted molar refractivity (Wildman–Crippen MR) is 107 cm³/mol. The van der Waals surface area contributed by atoms with Gasteiger partial charge in [-0.2, -0.15) is 26.3 Å². The van der Waals surface area contributed by atoms with Crippen LogP contribution in [0.4, 0.5) is 37.2 Å². The SMILES string of the molecule is CC(=O)N(c1cccc(C(F)(F)F)c1)c1nc(COC(=O)c2cccc(C(F)(F)F)c2)cs1. The Hall–Kier alpha value is -3.41. The van der Waals surface area contributed by atoms with Crippen molar-refractivity contribution in [3.63, 3.8) is 0 Å². The van der Waals surface area contributed by atoms with Gasteiger partial charge in [0.2, 0.25) is 5.91 Å². The second kappa shape index (κ2) is 9.22. The van der Waals surface area contributed by atoms with E-state index in [1.54, 1.807) is 0 Å². The van der Waals surface area contributed by atoms with Crippen molar-refractivity contribution in [2.24, 2.45) is 0 Å². The van der Waals surface area contributed by atoms with E-state index in [4.69, 9.17) is 4.74 Å². The number of halogens is 6. The topological polar surface area (TPSA) is 59.5 Å². The number of aromatic nitrogens is 1. The highest BCUT2D eigenvalue weighted by molar-refractivity contribution is 7.14. The third-order valence-electron chi connectivity index (χ3n) is 4.25. The van der Waals surface area contributed by atoms with Crippen molar-refractivity contribution in [3.8, 4) is 0 Å². The zero-order valence-corrected chi connectivity index (χ0v) is 17.5. The van der Waals surface area contributed by atoms with Crippen LogP contribution >= 0.6 is 11.3 Å². The first-order valence-electron chi connectivity index (χ1n) is 9.13. The second-order valence-electron chi connectivity index (χ2n) is 6.68. The number of benzene rings is 2. The molecule has 33 heavy (non-hydrogen) atoms. The molecule has 0 saturated carbocycles. The Morgan fingerprint density at radius 2 is 1.58 bits per heavy atom. The molecule has 2 aromatic carbocycles. The van der Waals surface area contributed by atoms with Gasteiger partial charge in [0, 0.05) is 12.3 Å². The fourth-order valence-corrected chi connectivity index (χ4v) is 3.63. The highest BCUT2D eigenvalue weighted by Gasteiger charge is 2.32. The lowest BCUT2D eigenvalue weighted by molar-refractivity contribution is -0.138. The van der Waals surface area contributed by atoms with E-state index in [2.05, 4.69) is 4.98 Å². The molecule has 0 bridgehead atoms. The number of hydrogen-bond donors (Lipinski definition) is 0. The number of amides is 1. The minimum atomic E-state index is -4.63. The minimum absolute atomic E-state index is 0.0342. The molecule has 174 valence electrons. The summed E-state index contributed by atoms with van der Waals surface area (Å²) in [5.41, 5.74) is -2.16. The number of carbonyl (C=O) groups excluding carboxylic acids is 2. The van der Waals surface area contributed by atoms with Crippen LogP contribution in [0.15, 0.2) is 53.9 Å². The third-order valence-corrected chi connectivity index (χ3v) is 5.13. The van der Waals surface area contributed by atoms with Crippen molar-refractivity contribution in [2.45, 2.75) is 25.9 Å². The van der Waals surface area contributed by atoms with Gasteiger partial charge in [-0.05, 0) is 36.4 Å². The molecule has 0 saturated heterocycles. The normalized spacial score (nSPS) is 11.8. The Balaban J connectivity index is 1.76. The van der Waals surface area contributed by atoms with Gasteiger partial charge >= 0.3 is 18.3 Å². The van der Waals surface area contributed by atoms with Gasteiger partial charge in [0.1, 0.15) is 6.61 Å². The van der Waals surface area contributed by atoms with E-state index in [1.807, 2.05) is 0 Å². The molecule has 5 nitrogen and oxygen atoms in total. The first kappa shape index (κ1) is 24.2. The second-order valence-corrected chi connectivity index (χ2v) is 7.52. The van der Waals surface area contributed by atoms with Crippen molar-refractivity contribution in [1.82, 2.24) is 4.98 Å². The molecule has 1 aromatic heterocycles. The van der Waals surface area contributed by atoms with E-state index in [0.29, 0.717) is 6.07 Å². The third kappa shape index (κ3) is 5.89. The number of thiazole rings is 1. The number of anilines is 2. The minimum Gasteiger partial charge on any atom is -0.456 e. The van der Waals surface area contributed by atoms with E-state index in [0.717, 1.165) is 59.6 Å². The summed E-state index contributed by atoms with van der Waals surface area (Å²) in [4.78, 5) is 29.3. The summed E-state index contributed by atoms with van der Waals surface area (Å²) < 4.78 is 82.4.